The van der Waals surface area contributed by atoms with Crippen LogP contribution < -0.4 is 14.3 Å². The van der Waals surface area contributed by atoms with Crippen LogP contribution in [0.1, 0.15) is 18.5 Å². The Hall–Kier alpha value is -2.16. The fraction of sp³-hybridized carbons (Fsp3) is 0.235. The van der Waals surface area contributed by atoms with Crippen LogP contribution in [0.3, 0.4) is 0 Å². The van der Waals surface area contributed by atoms with E-state index in [9.17, 15) is 13.2 Å². The third-order valence-corrected chi connectivity index (χ3v) is 6.55. The van der Waals surface area contributed by atoms with Gasteiger partial charge in [-0.3, -0.25) is 4.79 Å². The van der Waals surface area contributed by atoms with E-state index < -0.39 is 16.1 Å². The Balaban J connectivity index is 1.95. The first-order chi connectivity index (χ1) is 11.8. The summed E-state index contributed by atoms with van der Waals surface area (Å²) in [6, 6.07) is 11.5. The number of rotatable bonds is 5. The van der Waals surface area contributed by atoms with Crippen molar-refractivity contribution in [3.63, 3.8) is 0 Å². The normalized spacial score (nSPS) is 13.1. The fourth-order valence-corrected chi connectivity index (χ4v) is 4.91. The number of sulfonamides is 1. The number of nitrogens with one attached hydrogen (secondary N) is 1. The second kappa shape index (κ2) is 6.62. The van der Waals surface area contributed by atoms with Gasteiger partial charge in [0, 0.05) is 18.7 Å². The lowest BCUT2D eigenvalue weighted by Gasteiger charge is -2.17. The molecule has 0 spiro atoms. The molecule has 0 fully saturated rings. The molecule has 1 N–H and O–H groups in total. The van der Waals surface area contributed by atoms with Crippen LogP contribution in [-0.4, -0.2) is 20.1 Å². The largest absolute Gasteiger partial charge is 0.496 e. The number of aromatic nitrogens is 1. The quantitative estimate of drug-likeness (QED) is 0.740. The van der Waals surface area contributed by atoms with Gasteiger partial charge in [-0.25, -0.2) is 13.1 Å². The Morgan fingerprint density at radius 1 is 1.20 bits per heavy atom. The third-order valence-electron chi connectivity index (χ3n) is 4.01. The Kier molecular flexibility index (Phi) is 4.68. The van der Waals surface area contributed by atoms with Gasteiger partial charge in [-0.05, 0) is 31.2 Å². The van der Waals surface area contributed by atoms with Crippen LogP contribution >= 0.6 is 11.3 Å². The molecule has 25 heavy (non-hydrogen) atoms. The topological polar surface area (TPSA) is 77.4 Å². The van der Waals surface area contributed by atoms with E-state index in [0.717, 1.165) is 16.9 Å². The summed E-state index contributed by atoms with van der Waals surface area (Å²) in [7, 11) is -0.527. The summed E-state index contributed by atoms with van der Waals surface area (Å²) in [5.41, 5.74) is 1.46. The number of para-hydroxylation sites is 1. The number of methoxy groups -OCH3 is 1. The Bertz CT molecular complexity index is 1080. The molecular formula is C17H18N2O4S2. The average Bonchev–Trinajstić information content (AvgIpc) is 2.88. The lowest BCUT2D eigenvalue weighted by atomic mass is 10.1. The van der Waals surface area contributed by atoms with Gasteiger partial charge in [-0.15, -0.1) is 0 Å². The second-order valence-electron chi connectivity index (χ2n) is 5.64. The van der Waals surface area contributed by atoms with E-state index in [4.69, 9.17) is 4.74 Å². The first-order valence-corrected chi connectivity index (χ1v) is 9.88. The van der Waals surface area contributed by atoms with E-state index in [-0.39, 0.29) is 9.77 Å². The third kappa shape index (κ3) is 3.33. The molecule has 1 unspecified atom stereocenters. The minimum atomic E-state index is -3.74. The highest BCUT2D eigenvalue weighted by Gasteiger charge is 2.21. The number of hydrogen-bond donors (Lipinski definition) is 1. The lowest BCUT2D eigenvalue weighted by Crippen LogP contribution is -2.27. The van der Waals surface area contributed by atoms with Gasteiger partial charge in [0.1, 0.15) is 5.75 Å². The number of aryl methyl sites for hydroxylation is 1. The van der Waals surface area contributed by atoms with Crippen molar-refractivity contribution in [3.8, 4) is 5.75 Å². The summed E-state index contributed by atoms with van der Waals surface area (Å²) in [5, 5.41) is 0. The summed E-state index contributed by atoms with van der Waals surface area (Å²) in [5.74, 6) is 0.620. The van der Waals surface area contributed by atoms with Crippen molar-refractivity contribution in [1.29, 1.82) is 0 Å². The van der Waals surface area contributed by atoms with E-state index in [2.05, 4.69) is 4.72 Å². The summed E-state index contributed by atoms with van der Waals surface area (Å²) in [4.78, 5) is 11.7. The molecule has 0 aliphatic rings. The molecule has 0 aliphatic carbocycles. The first kappa shape index (κ1) is 17.7. The highest BCUT2D eigenvalue weighted by atomic mass is 32.2. The van der Waals surface area contributed by atoms with E-state index >= 15 is 0 Å². The summed E-state index contributed by atoms with van der Waals surface area (Å²) in [6.45, 7) is 1.76. The molecule has 1 aromatic heterocycles. The van der Waals surface area contributed by atoms with Crippen LogP contribution in [0.15, 0.2) is 52.2 Å². The second-order valence-corrected chi connectivity index (χ2v) is 8.35. The molecule has 2 aromatic carbocycles. The zero-order valence-corrected chi connectivity index (χ0v) is 15.6. The van der Waals surface area contributed by atoms with Gasteiger partial charge in [0.15, 0.2) is 0 Å². The molecule has 0 amide bonds. The van der Waals surface area contributed by atoms with Crippen LogP contribution in [0.5, 0.6) is 5.75 Å². The number of ether oxygens (including phenoxy) is 1. The maximum absolute atomic E-state index is 12.7. The standard InChI is InChI=1S/C17H18N2O4S2/c1-11(13-6-4-5-7-15(13)23-3)18-25(21,22)12-8-9-14-16(10-12)24-17(20)19(14)2/h4-11,18H,1-3H3. The predicted octanol–water partition coefficient (Wildman–Crippen LogP) is 2.65. The van der Waals surface area contributed by atoms with Gasteiger partial charge in [-0.2, -0.15) is 0 Å². The van der Waals surface area contributed by atoms with Crippen LogP contribution in [0.25, 0.3) is 10.2 Å². The monoisotopic (exact) mass is 378 g/mol. The van der Waals surface area contributed by atoms with Crippen molar-refractivity contribution < 1.29 is 13.2 Å². The Morgan fingerprint density at radius 3 is 2.64 bits per heavy atom. The van der Waals surface area contributed by atoms with E-state index in [1.54, 1.807) is 33.2 Å². The van der Waals surface area contributed by atoms with Crippen molar-refractivity contribution in [1.82, 2.24) is 9.29 Å². The molecule has 0 saturated heterocycles. The molecule has 6 nitrogen and oxygen atoms in total. The SMILES string of the molecule is COc1ccccc1C(C)NS(=O)(=O)c1ccc2c(c1)sc(=O)n2C. The zero-order chi connectivity index (χ0) is 18.2. The van der Waals surface area contributed by atoms with Crippen LogP contribution in [0.4, 0.5) is 0 Å². The fourth-order valence-electron chi connectivity index (χ4n) is 2.67. The Morgan fingerprint density at radius 2 is 1.92 bits per heavy atom. The van der Waals surface area contributed by atoms with E-state index in [1.165, 1.54) is 16.7 Å². The predicted molar refractivity (Wildman–Crippen MR) is 98.8 cm³/mol. The summed E-state index contributed by atoms with van der Waals surface area (Å²) in [6.07, 6.45) is 0. The molecule has 3 rings (SSSR count). The number of benzene rings is 2. The van der Waals surface area contributed by atoms with Gasteiger partial charge in [0.25, 0.3) is 0 Å². The van der Waals surface area contributed by atoms with E-state index in [1.807, 2.05) is 18.2 Å². The van der Waals surface area contributed by atoms with Crippen molar-refractivity contribution >= 4 is 31.6 Å². The van der Waals surface area contributed by atoms with Crippen molar-refractivity contribution in [2.45, 2.75) is 17.9 Å². The molecule has 0 saturated carbocycles. The van der Waals surface area contributed by atoms with Gasteiger partial charge in [0.05, 0.1) is 22.2 Å². The highest BCUT2D eigenvalue weighted by molar-refractivity contribution is 7.89. The minimum absolute atomic E-state index is 0.125. The first-order valence-electron chi connectivity index (χ1n) is 7.58. The minimum Gasteiger partial charge on any atom is -0.496 e. The van der Waals surface area contributed by atoms with Gasteiger partial charge >= 0.3 is 4.87 Å². The van der Waals surface area contributed by atoms with Crippen molar-refractivity contribution in [3.05, 3.63) is 57.7 Å². The van der Waals surface area contributed by atoms with E-state index in [0.29, 0.717) is 16.0 Å². The zero-order valence-electron chi connectivity index (χ0n) is 14.0. The molecule has 0 radical (unpaired) electrons. The number of thiazole rings is 1. The van der Waals surface area contributed by atoms with Crippen molar-refractivity contribution in [2.24, 2.45) is 7.05 Å². The van der Waals surface area contributed by atoms with Gasteiger partial charge in [0.2, 0.25) is 10.0 Å². The maximum Gasteiger partial charge on any atom is 0.307 e. The van der Waals surface area contributed by atoms with Crippen LogP contribution in [-0.2, 0) is 17.1 Å². The Labute approximate surface area is 149 Å². The highest BCUT2D eigenvalue weighted by Crippen LogP contribution is 2.27. The van der Waals surface area contributed by atoms with Crippen molar-refractivity contribution in [2.75, 3.05) is 7.11 Å². The number of fused-ring (bicyclic) bond motifs is 1. The number of hydrogen-bond acceptors (Lipinski definition) is 5. The van der Waals surface area contributed by atoms with Crippen LogP contribution in [0, 0.1) is 0 Å². The average molecular weight is 378 g/mol. The molecule has 132 valence electrons. The molecular weight excluding hydrogens is 360 g/mol. The smallest absolute Gasteiger partial charge is 0.307 e. The summed E-state index contributed by atoms with van der Waals surface area (Å²) >= 11 is 1.03. The molecule has 1 heterocycles. The maximum atomic E-state index is 12.7. The molecule has 3 aromatic rings. The van der Waals surface area contributed by atoms with Crippen LogP contribution in [0.2, 0.25) is 0 Å². The van der Waals surface area contributed by atoms with Gasteiger partial charge < -0.3 is 9.30 Å². The summed E-state index contributed by atoms with van der Waals surface area (Å²) < 4.78 is 35.5. The lowest BCUT2D eigenvalue weighted by molar-refractivity contribution is 0.405. The van der Waals surface area contributed by atoms with Gasteiger partial charge in [-0.1, -0.05) is 29.5 Å². The number of nitrogens with zero attached hydrogens (tertiary/aromatic N) is 1. The molecule has 8 heteroatoms. The molecule has 0 bridgehead atoms. The molecule has 0 aliphatic heterocycles. The molecule has 1 atom stereocenters.